The van der Waals surface area contributed by atoms with Gasteiger partial charge in [0.1, 0.15) is 17.5 Å². The summed E-state index contributed by atoms with van der Waals surface area (Å²) in [7, 11) is 0. The molecule has 0 unspecified atom stereocenters. The highest BCUT2D eigenvalue weighted by Crippen LogP contribution is 2.25. The molecular weight excluding hydrogens is 307 g/mol. The van der Waals surface area contributed by atoms with Crippen molar-refractivity contribution >= 4 is 17.3 Å². The molecule has 1 aliphatic heterocycles. The van der Waals surface area contributed by atoms with E-state index < -0.39 is 35.1 Å². The fourth-order valence-electron chi connectivity index (χ4n) is 2.65. The molecule has 0 saturated carbocycles. The number of carbonyl (C=O) groups excluding carboxylic acids is 2. The lowest BCUT2D eigenvalue weighted by atomic mass is 9.85. The first-order valence-corrected chi connectivity index (χ1v) is 6.76. The van der Waals surface area contributed by atoms with Crippen molar-refractivity contribution in [3.8, 4) is 0 Å². The zero-order valence-electron chi connectivity index (χ0n) is 11.9. The number of nitrogens with zero attached hydrogens (tertiary/aromatic N) is 1. The Morgan fingerprint density at radius 1 is 1.04 bits per heavy atom. The number of hydrogen-bond donors (Lipinski definition) is 0. The van der Waals surface area contributed by atoms with Crippen LogP contribution in [0.2, 0.25) is 0 Å². The molecule has 3 nitrogen and oxygen atoms in total. The zero-order valence-corrected chi connectivity index (χ0v) is 11.9. The molecule has 0 bridgehead atoms. The third-order valence-corrected chi connectivity index (χ3v) is 3.65. The molecule has 2 aromatic rings. The molecule has 0 fully saturated rings. The van der Waals surface area contributed by atoms with Gasteiger partial charge in [0.15, 0.2) is 11.6 Å². The van der Waals surface area contributed by atoms with Crippen molar-refractivity contribution in [3.63, 3.8) is 0 Å². The largest absolute Gasteiger partial charge is 0.299 e. The highest BCUT2D eigenvalue weighted by Gasteiger charge is 2.32. The van der Waals surface area contributed by atoms with Gasteiger partial charge in [0.2, 0.25) is 0 Å². The minimum Gasteiger partial charge on any atom is -0.299 e. The van der Waals surface area contributed by atoms with E-state index >= 15 is 0 Å². The highest BCUT2D eigenvalue weighted by atomic mass is 19.2. The van der Waals surface area contributed by atoms with Crippen LogP contribution in [-0.2, 0) is 9.59 Å². The van der Waals surface area contributed by atoms with Crippen molar-refractivity contribution in [3.05, 3.63) is 70.0 Å². The minimum atomic E-state index is -1.27. The van der Waals surface area contributed by atoms with Crippen molar-refractivity contribution in [2.75, 3.05) is 0 Å². The van der Waals surface area contributed by atoms with Gasteiger partial charge >= 0.3 is 0 Å². The maximum Gasteiger partial charge on any atom is 0.261 e. The van der Waals surface area contributed by atoms with E-state index in [4.69, 9.17) is 0 Å². The van der Waals surface area contributed by atoms with E-state index in [1.54, 1.807) is 0 Å². The van der Waals surface area contributed by atoms with Crippen molar-refractivity contribution in [1.82, 2.24) is 0 Å². The first-order chi connectivity index (χ1) is 10.9. The van der Waals surface area contributed by atoms with E-state index in [0.717, 1.165) is 24.3 Å². The monoisotopic (exact) mass is 317 g/mol. The van der Waals surface area contributed by atoms with Gasteiger partial charge in [-0.15, -0.1) is 0 Å². The summed E-state index contributed by atoms with van der Waals surface area (Å²) in [5.41, 5.74) is 0.269. The Morgan fingerprint density at radius 3 is 2.43 bits per heavy atom. The van der Waals surface area contributed by atoms with Gasteiger partial charge in [-0.3, -0.25) is 9.59 Å². The number of Topliss-reactive ketones (excluding diaryl/α,β-unsaturated/α-hetero) is 1. The fraction of sp³-hybridized carbons (Fsp3) is 0.118. The molecule has 1 heterocycles. The second kappa shape index (κ2) is 5.46. The van der Waals surface area contributed by atoms with Gasteiger partial charge in [0.25, 0.3) is 5.91 Å². The number of ketones is 1. The molecule has 6 heteroatoms. The number of benzene rings is 2. The third kappa shape index (κ3) is 2.56. The second-order valence-electron chi connectivity index (χ2n) is 5.20. The summed E-state index contributed by atoms with van der Waals surface area (Å²) < 4.78 is 40.3. The van der Waals surface area contributed by atoms with E-state index in [0.29, 0.717) is 0 Å². The number of amides is 1. The first-order valence-electron chi connectivity index (χ1n) is 6.76. The van der Waals surface area contributed by atoms with Crippen molar-refractivity contribution in [2.45, 2.75) is 6.92 Å². The van der Waals surface area contributed by atoms with Gasteiger partial charge in [-0.05, 0) is 48.4 Å². The number of carbonyl (C=O) groups is 2. The summed E-state index contributed by atoms with van der Waals surface area (Å²) in [6, 6.07) is 6.58. The molecule has 0 saturated heterocycles. The quantitative estimate of drug-likeness (QED) is 0.791. The Bertz CT molecular complexity index is 966. The normalized spacial score (nSPS) is 16.8. The van der Waals surface area contributed by atoms with Gasteiger partial charge < -0.3 is 0 Å². The van der Waals surface area contributed by atoms with E-state index in [-0.39, 0.29) is 21.7 Å². The average molecular weight is 317 g/mol. The Labute approximate surface area is 128 Å². The van der Waals surface area contributed by atoms with Crippen molar-refractivity contribution in [1.29, 1.82) is 0 Å². The molecule has 1 aliphatic rings. The van der Waals surface area contributed by atoms with Crippen LogP contribution in [0.25, 0.3) is 5.57 Å². The molecule has 0 N–H and O–H groups in total. The van der Waals surface area contributed by atoms with Crippen molar-refractivity contribution < 1.29 is 22.8 Å². The van der Waals surface area contributed by atoms with E-state index in [2.05, 4.69) is 4.99 Å². The number of fused-ring (bicyclic) bond motifs is 1. The van der Waals surface area contributed by atoms with Crippen LogP contribution in [0.5, 0.6) is 0 Å². The number of rotatable bonds is 2. The molecule has 1 amide bonds. The molecule has 116 valence electrons. The standard InChI is InChI=1S/C17H10F3NO2/c1-8(22)15-16(9-2-4-12(19)13(20)6-9)11-7-10(18)3-5-14(11)21-17(15)23/h2-7,15H,1H3/t15-/m1/s1. The predicted octanol–water partition coefficient (Wildman–Crippen LogP) is 1.67. The van der Waals surface area contributed by atoms with Gasteiger partial charge in [-0.2, -0.15) is 0 Å². The topological polar surface area (TPSA) is 46.5 Å². The second-order valence-corrected chi connectivity index (χ2v) is 5.20. The van der Waals surface area contributed by atoms with E-state index in [1.807, 2.05) is 0 Å². The first kappa shape index (κ1) is 15.1. The fourth-order valence-corrected chi connectivity index (χ4v) is 2.65. The van der Waals surface area contributed by atoms with Gasteiger partial charge in [0, 0.05) is 5.22 Å². The molecule has 0 aromatic heterocycles. The van der Waals surface area contributed by atoms with E-state index in [9.17, 15) is 22.8 Å². The number of halogens is 3. The van der Waals surface area contributed by atoms with Crippen LogP contribution in [0.1, 0.15) is 12.5 Å². The van der Waals surface area contributed by atoms with E-state index in [1.165, 1.54) is 19.1 Å². The zero-order chi connectivity index (χ0) is 16.7. The molecule has 2 aromatic carbocycles. The Morgan fingerprint density at radius 2 is 1.78 bits per heavy atom. The van der Waals surface area contributed by atoms with Gasteiger partial charge in [-0.25, -0.2) is 18.2 Å². The van der Waals surface area contributed by atoms with Gasteiger partial charge in [-0.1, -0.05) is 6.07 Å². The lowest BCUT2D eigenvalue weighted by Crippen LogP contribution is -2.40. The Balaban J connectivity index is 2.44. The molecule has 0 radical (unpaired) electrons. The minimum absolute atomic E-state index is 0.130. The summed E-state index contributed by atoms with van der Waals surface area (Å²) in [5, 5.41) is 0.407. The lowest BCUT2D eigenvalue weighted by molar-refractivity contribution is -0.128. The van der Waals surface area contributed by atoms with Gasteiger partial charge in [0.05, 0.1) is 5.36 Å². The Hall–Kier alpha value is -2.76. The van der Waals surface area contributed by atoms with Crippen LogP contribution in [-0.4, -0.2) is 11.7 Å². The molecule has 1 atom stereocenters. The molecular formula is C17H10F3NO2. The van der Waals surface area contributed by atoms with Crippen molar-refractivity contribution in [2.24, 2.45) is 10.9 Å². The number of hydrogen-bond acceptors (Lipinski definition) is 2. The maximum absolute atomic E-state index is 13.6. The smallest absolute Gasteiger partial charge is 0.261 e. The summed E-state index contributed by atoms with van der Waals surface area (Å²) in [6.07, 6.45) is 0. The third-order valence-electron chi connectivity index (χ3n) is 3.65. The molecule has 0 spiro atoms. The van der Waals surface area contributed by atoms with Crippen LogP contribution in [0.15, 0.2) is 41.4 Å². The summed E-state index contributed by atoms with van der Waals surface area (Å²) in [5.74, 6) is -5.25. The summed E-state index contributed by atoms with van der Waals surface area (Å²) in [6.45, 7) is 1.20. The SMILES string of the molecule is CC(=O)[C@H]1C(=O)N=c2ccc(F)cc2=C1c1ccc(F)c(F)c1. The summed E-state index contributed by atoms with van der Waals surface area (Å²) >= 11 is 0. The lowest BCUT2D eigenvalue weighted by Gasteiger charge is -2.19. The van der Waals surface area contributed by atoms with Crippen LogP contribution in [0.3, 0.4) is 0 Å². The Kier molecular flexibility index (Phi) is 3.60. The van der Waals surface area contributed by atoms with Crippen LogP contribution >= 0.6 is 0 Å². The van der Waals surface area contributed by atoms with Crippen LogP contribution in [0.4, 0.5) is 13.2 Å². The average Bonchev–Trinajstić information content (AvgIpc) is 2.49. The molecule has 3 rings (SSSR count). The van der Waals surface area contributed by atoms with Crippen LogP contribution < -0.4 is 10.6 Å². The van der Waals surface area contributed by atoms with Crippen LogP contribution in [0, 0.1) is 23.4 Å². The molecule has 23 heavy (non-hydrogen) atoms. The highest BCUT2D eigenvalue weighted by molar-refractivity contribution is 6.11. The molecule has 0 aliphatic carbocycles. The predicted molar refractivity (Wildman–Crippen MR) is 75.2 cm³/mol. The maximum atomic E-state index is 13.6. The summed E-state index contributed by atoms with van der Waals surface area (Å²) in [4.78, 5) is 27.8.